The van der Waals surface area contributed by atoms with E-state index in [1.54, 1.807) is 0 Å². The van der Waals surface area contributed by atoms with Gasteiger partial charge in [-0.25, -0.2) is 0 Å². The minimum absolute atomic E-state index is 0.0229. The van der Waals surface area contributed by atoms with Crippen molar-refractivity contribution in [2.24, 2.45) is 5.92 Å². The van der Waals surface area contributed by atoms with Crippen molar-refractivity contribution >= 4 is 5.97 Å². The van der Waals surface area contributed by atoms with Gasteiger partial charge in [0.05, 0.1) is 26.2 Å². The first-order chi connectivity index (χ1) is 8.78. The van der Waals surface area contributed by atoms with Gasteiger partial charge in [-0.3, -0.25) is 9.69 Å². The van der Waals surface area contributed by atoms with Gasteiger partial charge in [-0.2, -0.15) is 0 Å². The van der Waals surface area contributed by atoms with Gasteiger partial charge in [0.1, 0.15) is 0 Å². The van der Waals surface area contributed by atoms with E-state index in [-0.39, 0.29) is 12.1 Å². The molecule has 1 saturated carbocycles. The molecule has 4 nitrogen and oxygen atoms in total. The van der Waals surface area contributed by atoms with Crippen LogP contribution in [0.3, 0.4) is 0 Å². The highest BCUT2D eigenvalue weighted by molar-refractivity contribution is 5.69. The van der Waals surface area contributed by atoms with Crippen molar-refractivity contribution in [1.82, 2.24) is 4.90 Å². The van der Waals surface area contributed by atoms with E-state index in [0.717, 1.165) is 32.2 Å². The Hall–Kier alpha value is -0.610. The first-order valence-electron chi connectivity index (χ1n) is 7.18. The summed E-state index contributed by atoms with van der Waals surface area (Å²) in [7, 11) is 1.43. The molecule has 2 rings (SSSR count). The summed E-state index contributed by atoms with van der Waals surface area (Å²) >= 11 is 0. The molecule has 0 aromatic carbocycles. The van der Waals surface area contributed by atoms with Crippen LogP contribution in [0.15, 0.2) is 0 Å². The molecule has 0 bridgehead atoms. The van der Waals surface area contributed by atoms with Crippen LogP contribution in [0.1, 0.15) is 38.5 Å². The molecule has 1 saturated heterocycles. The fraction of sp³-hybridized carbons (Fsp3) is 0.929. The lowest BCUT2D eigenvalue weighted by atomic mass is 10.0. The van der Waals surface area contributed by atoms with Crippen molar-refractivity contribution in [3.63, 3.8) is 0 Å². The van der Waals surface area contributed by atoms with Gasteiger partial charge in [0.25, 0.3) is 0 Å². The Morgan fingerprint density at radius 1 is 1.39 bits per heavy atom. The average Bonchev–Trinajstić information content (AvgIpc) is 2.90. The van der Waals surface area contributed by atoms with Crippen LogP contribution >= 0.6 is 0 Å². The molecule has 4 heteroatoms. The summed E-state index contributed by atoms with van der Waals surface area (Å²) < 4.78 is 10.3. The maximum absolute atomic E-state index is 11.2. The van der Waals surface area contributed by atoms with Crippen LogP contribution in [0.5, 0.6) is 0 Å². The molecule has 0 N–H and O–H groups in total. The Morgan fingerprint density at radius 2 is 2.17 bits per heavy atom. The van der Waals surface area contributed by atoms with Crippen molar-refractivity contribution < 1.29 is 14.3 Å². The monoisotopic (exact) mass is 255 g/mol. The van der Waals surface area contributed by atoms with Gasteiger partial charge in [0.2, 0.25) is 0 Å². The third-order valence-corrected chi connectivity index (χ3v) is 4.17. The van der Waals surface area contributed by atoms with Gasteiger partial charge in [-0.15, -0.1) is 0 Å². The van der Waals surface area contributed by atoms with Crippen molar-refractivity contribution in [2.45, 2.75) is 44.6 Å². The number of methoxy groups -OCH3 is 1. The molecule has 0 radical (unpaired) electrons. The van der Waals surface area contributed by atoms with Gasteiger partial charge in [0, 0.05) is 13.1 Å². The molecule has 0 amide bonds. The lowest BCUT2D eigenvalue weighted by Gasteiger charge is -2.33. The number of hydrogen-bond donors (Lipinski definition) is 0. The Morgan fingerprint density at radius 3 is 2.89 bits per heavy atom. The third-order valence-electron chi connectivity index (χ3n) is 4.17. The molecular formula is C14H25NO3. The van der Waals surface area contributed by atoms with Gasteiger partial charge < -0.3 is 9.47 Å². The van der Waals surface area contributed by atoms with Crippen LogP contribution in [0.25, 0.3) is 0 Å². The predicted molar refractivity (Wildman–Crippen MR) is 69.4 cm³/mol. The van der Waals surface area contributed by atoms with Crippen molar-refractivity contribution in [3.05, 3.63) is 0 Å². The number of rotatable bonds is 5. The second kappa shape index (κ2) is 7.10. The topological polar surface area (TPSA) is 38.8 Å². The molecule has 18 heavy (non-hydrogen) atoms. The van der Waals surface area contributed by atoms with Gasteiger partial charge in [-0.1, -0.05) is 25.7 Å². The minimum atomic E-state index is -0.169. The fourth-order valence-electron chi connectivity index (χ4n) is 3.04. The lowest BCUT2D eigenvalue weighted by Crippen LogP contribution is -2.44. The highest BCUT2D eigenvalue weighted by atomic mass is 16.5. The van der Waals surface area contributed by atoms with Gasteiger partial charge in [-0.05, 0) is 18.9 Å². The van der Waals surface area contributed by atoms with E-state index in [4.69, 9.17) is 9.47 Å². The zero-order chi connectivity index (χ0) is 12.8. The maximum atomic E-state index is 11.2. The summed E-state index contributed by atoms with van der Waals surface area (Å²) in [4.78, 5) is 13.7. The van der Waals surface area contributed by atoms with Gasteiger partial charge in [0.15, 0.2) is 0 Å². The highest BCUT2D eigenvalue weighted by Gasteiger charge is 2.24. The Balaban J connectivity index is 1.67. The average molecular weight is 255 g/mol. The van der Waals surface area contributed by atoms with Crippen molar-refractivity contribution in [2.75, 3.05) is 33.4 Å². The van der Waals surface area contributed by atoms with E-state index in [2.05, 4.69) is 4.90 Å². The molecule has 1 aliphatic heterocycles. The Kier molecular flexibility index (Phi) is 5.45. The van der Waals surface area contributed by atoms with E-state index in [0.29, 0.717) is 6.42 Å². The molecule has 1 aliphatic carbocycles. The number of carbonyl (C=O) groups excluding carboxylic acids is 1. The van der Waals surface area contributed by atoms with Crippen LogP contribution < -0.4 is 0 Å². The smallest absolute Gasteiger partial charge is 0.308 e. The summed E-state index contributed by atoms with van der Waals surface area (Å²) in [5.41, 5.74) is 0. The molecule has 2 fully saturated rings. The second-order valence-electron chi connectivity index (χ2n) is 5.51. The molecule has 0 aromatic heterocycles. The fourth-order valence-corrected chi connectivity index (χ4v) is 3.04. The van der Waals surface area contributed by atoms with E-state index in [9.17, 15) is 4.79 Å². The zero-order valence-electron chi connectivity index (χ0n) is 11.4. The van der Waals surface area contributed by atoms with Crippen LogP contribution in [-0.4, -0.2) is 50.3 Å². The maximum Gasteiger partial charge on any atom is 0.308 e. The Labute approximate surface area is 110 Å². The molecule has 0 unspecified atom stereocenters. The molecule has 0 spiro atoms. The molecule has 104 valence electrons. The number of carbonyl (C=O) groups is 1. The SMILES string of the molecule is COC(=O)C[C@H]1CN(CCC2CCCC2)CCO1. The summed E-state index contributed by atoms with van der Waals surface area (Å²) in [6.45, 7) is 3.78. The summed E-state index contributed by atoms with van der Waals surface area (Å²) in [5.74, 6) is 0.768. The number of ether oxygens (including phenoxy) is 2. The first kappa shape index (κ1) is 13.8. The normalized spacial score (nSPS) is 26.4. The second-order valence-corrected chi connectivity index (χ2v) is 5.51. The molecule has 1 atom stereocenters. The number of nitrogens with zero attached hydrogens (tertiary/aromatic N) is 1. The van der Waals surface area contributed by atoms with Crippen LogP contribution in [0.2, 0.25) is 0 Å². The molecule has 1 heterocycles. The zero-order valence-corrected chi connectivity index (χ0v) is 11.4. The first-order valence-corrected chi connectivity index (χ1v) is 7.18. The standard InChI is InChI=1S/C14H25NO3/c1-17-14(16)10-13-11-15(8-9-18-13)7-6-12-4-2-3-5-12/h12-13H,2-11H2,1H3/t13-/m0/s1. The minimum Gasteiger partial charge on any atom is -0.469 e. The van der Waals surface area contributed by atoms with Crippen molar-refractivity contribution in [1.29, 1.82) is 0 Å². The summed E-state index contributed by atoms with van der Waals surface area (Å²) in [6, 6.07) is 0. The third kappa shape index (κ3) is 4.25. The highest BCUT2D eigenvalue weighted by Crippen LogP contribution is 2.27. The van der Waals surface area contributed by atoms with E-state index >= 15 is 0 Å². The molecule has 0 aromatic rings. The number of esters is 1. The number of hydrogen-bond acceptors (Lipinski definition) is 4. The Bertz CT molecular complexity index is 264. The van der Waals surface area contributed by atoms with E-state index in [1.807, 2.05) is 0 Å². The number of morpholine rings is 1. The quantitative estimate of drug-likeness (QED) is 0.703. The summed E-state index contributed by atoms with van der Waals surface area (Å²) in [5, 5.41) is 0. The molecular weight excluding hydrogens is 230 g/mol. The lowest BCUT2D eigenvalue weighted by molar-refractivity contribution is -0.145. The predicted octanol–water partition coefficient (Wildman–Crippen LogP) is 1.83. The van der Waals surface area contributed by atoms with Crippen LogP contribution in [0, 0.1) is 5.92 Å². The summed E-state index contributed by atoms with van der Waals surface area (Å²) in [6.07, 6.45) is 7.37. The van der Waals surface area contributed by atoms with Crippen LogP contribution in [-0.2, 0) is 14.3 Å². The van der Waals surface area contributed by atoms with E-state index < -0.39 is 0 Å². The van der Waals surface area contributed by atoms with Crippen molar-refractivity contribution in [3.8, 4) is 0 Å². The largest absolute Gasteiger partial charge is 0.469 e. The van der Waals surface area contributed by atoms with Gasteiger partial charge >= 0.3 is 5.97 Å². The van der Waals surface area contributed by atoms with E-state index in [1.165, 1.54) is 39.2 Å². The molecule has 2 aliphatic rings. The van der Waals surface area contributed by atoms with Crippen LogP contribution in [0.4, 0.5) is 0 Å².